The van der Waals surface area contributed by atoms with Gasteiger partial charge in [0.25, 0.3) is 21.8 Å². The molecule has 2 atom stereocenters. The largest absolute Gasteiger partial charge is 0.478 e. The van der Waals surface area contributed by atoms with Crippen molar-refractivity contribution in [3.05, 3.63) is 99.9 Å². The van der Waals surface area contributed by atoms with E-state index in [0.717, 1.165) is 75.2 Å². The van der Waals surface area contributed by atoms with Gasteiger partial charge in [-0.15, -0.1) is 0 Å². The molecule has 17 heteroatoms. The lowest BCUT2D eigenvalue weighted by Gasteiger charge is -2.57. The SMILES string of the molecule is COc1nc2[nH]ccc2cc1Oc1cc(N2CCC3(CC2)CN([C@@H]2CCC[C@@H]2c2ccccc2C(C)C)C3)ccc1C(=O)NS(=O)(=O)c1cnc(NCC2CCC(C)(O)CC2)c([N+](=O)[O-])c1. The fraction of sp³-hybridized carbons (Fsp3) is 0.490. The van der Waals surface area contributed by atoms with Crippen molar-refractivity contribution < 1.29 is 32.7 Å². The molecule has 9 rings (SSSR count). The van der Waals surface area contributed by atoms with Crippen LogP contribution in [0.2, 0.25) is 0 Å². The lowest BCUT2D eigenvalue weighted by Crippen LogP contribution is -2.63. The van der Waals surface area contributed by atoms with E-state index in [4.69, 9.17) is 9.47 Å². The zero-order chi connectivity index (χ0) is 46.4. The van der Waals surface area contributed by atoms with Crippen LogP contribution >= 0.6 is 0 Å². The van der Waals surface area contributed by atoms with Crippen LogP contribution in [0.4, 0.5) is 17.2 Å². The molecule has 2 saturated heterocycles. The van der Waals surface area contributed by atoms with Crippen molar-refractivity contribution in [3.8, 4) is 17.4 Å². The average molecular weight is 921 g/mol. The Kier molecular flexibility index (Phi) is 12.5. The van der Waals surface area contributed by atoms with Crippen LogP contribution in [0.5, 0.6) is 17.4 Å². The van der Waals surface area contributed by atoms with Crippen LogP contribution in [0.3, 0.4) is 0 Å². The van der Waals surface area contributed by atoms with E-state index < -0.39 is 37.0 Å². The first kappa shape index (κ1) is 45.4. The first-order chi connectivity index (χ1) is 31.6. The van der Waals surface area contributed by atoms with Crippen molar-refractivity contribution in [2.45, 2.75) is 107 Å². The highest BCUT2D eigenvalue weighted by Gasteiger charge is 2.49. The van der Waals surface area contributed by atoms with Gasteiger partial charge in [-0.1, -0.05) is 44.5 Å². The monoisotopic (exact) mass is 920 g/mol. The van der Waals surface area contributed by atoms with Gasteiger partial charge in [-0.3, -0.25) is 19.8 Å². The third-order valence-corrected chi connectivity index (χ3v) is 15.9. The zero-order valence-electron chi connectivity index (χ0n) is 38.1. The maximum absolute atomic E-state index is 14.1. The van der Waals surface area contributed by atoms with Crippen molar-refractivity contribution in [2.75, 3.05) is 50.1 Å². The van der Waals surface area contributed by atoms with Crippen molar-refractivity contribution in [1.29, 1.82) is 0 Å². The van der Waals surface area contributed by atoms with E-state index in [1.54, 1.807) is 31.3 Å². The van der Waals surface area contributed by atoms with E-state index in [9.17, 15) is 28.4 Å². The second-order valence-corrected chi connectivity index (χ2v) is 21.2. The summed E-state index contributed by atoms with van der Waals surface area (Å²) in [5, 5.41) is 26.2. The summed E-state index contributed by atoms with van der Waals surface area (Å²) in [5.41, 5.74) is 3.26. The zero-order valence-corrected chi connectivity index (χ0v) is 38.9. The number of nitro groups is 1. The Bertz CT molecular complexity index is 2710. The molecule has 0 unspecified atom stereocenters. The summed E-state index contributed by atoms with van der Waals surface area (Å²) in [6.07, 6.45) is 11.2. The number of sulfonamides is 1. The number of methoxy groups -OCH3 is 1. The lowest BCUT2D eigenvalue weighted by molar-refractivity contribution is -0.384. The molecule has 66 heavy (non-hydrogen) atoms. The number of anilines is 2. The predicted molar refractivity (Wildman–Crippen MR) is 252 cm³/mol. The molecule has 2 saturated carbocycles. The first-order valence-corrected chi connectivity index (χ1v) is 24.7. The van der Waals surface area contributed by atoms with Crippen molar-refractivity contribution in [2.24, 2.45) is 11.3 Å². The number of nitrogens with zero attached hydrogens (tertiary/aromatic N) is 5. The minimum Gasteiger partial charge on any atom is -0.478 e. The number of likely N-dealkylation sites (tertiary alicyclic amines) is 1. The Balaban J connectivity index is 0.918. The Morgan fingerprint density at radius 3 is 2.50 bits per heavy atom. The summed E-state index contributed by atoms with van der Waals surface area (Å²) in [7, 11) is -3.21. The average Bonchev–Trinajstić information content (AvgIpc) is 3.97. The summed E-state index contributed by atoms with van der Waals surface area (Å²) in [6.45, 7) is 10.5. The second kappa shape index (κ2) is 18.1. The minimum atomic E-state index is -4.66. The van der Waals surface area contributed by atoms with Crippen LogP contribution in [0.1, 0.15) is 112 Å². The maximum atomic E-state index is 14.1. The van der Waals surface area contributed by atoms with Gasteiger partial charge in [0.2, 0.25) is 5.82 Å². The number of rotatable bonds is 14. The summed E-state index contributed by atoms with van der Waals surface area (Å²) >= 11 is 0. The van der Waals surface area contributed by atoms with E-state index in [0.29, 0.717) is 42.9 Å². The van der Waals surface area contributed by atoms with Crippen molar-refractivity contribution >= 4 is 44.2 Å². The van der Waals surface area contributed by atoms with Gasteiger partial charge in [0, 0.05) is 68.2 Å². The third kappa shape index (κ3) is 9.29. The number of ether oxygens (including phenoxy) is 2. The van der Waals surface area contributed by atoms with Gasteiger partial charge >= 0.3 is 5.69 Å². The van der Waals surface area contributed by atoms with Gasteiger partial charge in [0.15, 0.2) is 5.75 Å². The highest BCUT2D eigenvalue weighted by Crippen LogP contribution is 2.49. The molecule has 2 aliphatic heterocycles. The topological polar surface area (TPSA) is 205 Å². The lowest BCUT2D eigenvalue weighted by atomic mass is 9.70. The normalized spacial score (nSPS) is 23.2. The van der Waals surface area contributed by atoms with E-state index in [2.05, 4.69) is 72.9 Å². The van der Waals surface area contributed by atoms with Crippen molar-refractivity contribution in [3.63, 3.8) is 0 Å². The number of carbonyl (C=O) groups excluding carboxylic acids is 1. The predicted octanol–water partition coefficient (Wildman–Crippen LogP) is 8.50. The summed E-state index contributed by atoms with van der Waals surface area (Å²) in [5.74, 6) is 0.576. The molecule has 2 aliphatic carbocycles. The number of benzene rings is 2. The number of aliphatic hydroxyl groups is 1. The fourth-order valence-electron chi connectivity index (χ4n) is 10.8. The number of aromatic amines is 1. The Hall–Kier alpha value is -5.78. The van der Waals surface area contributed by atoms with Crippen LogP contribution in [-0.4, -0.2) is 95.7 Å². The van der Waals surface area contributed by atoms with Crippen molar-refractivity contribution in [1.82, 2.24) is 24.6 Å². The Morgan fingerprint density at radius 2 is 1.77 bits per heavy atom. The fourth-order valence-corrected chi connectivity index (χ4v) is 11.8. The van der Waals surface area contributed by atoms with E-state index in [-0.39, 0.29) is 40.1 Å². The first-order valence-electron chi connectivity index (χ1n) is 23.2. The molecule has 1 spiro atoms. The molecular formula is C49H60N8O8S. The highest BCUT2D eigenvalue weighted by atomic mass is 32.2. The van der Waals surface area contributed by atoms with Crippen LogP contribution in [0.15, 0.2) is 78.0 Å². The van der Waals surface area contributed by atoms with Crippen LogP contribution < -0.4 is 24.4 Å². The molecule has 0 radical (unpaired) electrons. The van der Waals surface area contributed by atoms with Gasteiger partial charge in [0.1, 0.15) is 16.3 Å². The number of carbonyl (C=O) groups is 1. The van der Waals surface area contributed by atoms with Crippen LogP contribution in [0.25, 0.3) is 11.0 Å². The number of hydrogen-bond donors (Lipinski definition) is 4. The molecule has 16 nitrogen and oxygen atoms in total. The number of aromatic nitrogens is 3. The molecule has 3 aromatic heterocycles. The van der Waals surface area contributed by atoms with Gasteiger partial charge in [-0.05, 0) is 117 Å². The van der Waals surface area contributed by atoms with Gasteiger partial charge < -0.3 is 29.8 Å². The molecule has 0 bridgehead atoms. The smallest absolute Gasteiger partial charge is 0.312 e. The standard InChI is InChI=1S/C49H60N8O8S/c1-31(2)36-8-5-6-9-37(36)38-10-7-11-40(38)56-29-49(30-56)19-22-55(23-20-49)34-12-13-39(42(25-34)65-43-24-33-16-21-50-44(33)53-47(43)64-4)46(58)54-66(62,63)35-26-41(57(60)61)45(52-28-35)51-27-32-14-17-48(3,59)18-15-32/h5-6,8-9,12-13,16,21,24-26,28,31-32,38,40,59H,7,10-11,14-15,17-20,22-23,27,29-30H2,1-4H3,(H,50,53)(H,51,52)(H,54,58)/t32?,38-,40-,48?/m1/s1. The van der Waals surface area contributed by atoms with Gasteiger partial charge in [-0.25, -0.2) is 18.1 Å². The molecule has 5 heterocycles. The molecule has 4 fully saturated rings. The summed E-state index contributed by atoms with van der Waals surface area (Å²) in [4.78, 5) is 41.7. The number of H-pyrrole nitrogens is 1. The molecule has 4 N–H and O–H groups in total. The molecule has 2 aromatic carbocycles. The highest BCUT2D eigenvalue weighted by molar-refractivity contribution is 7.90. The van der Waals surface area contributed by atoms with Crippen LogP contribution in [0, 0.1) is 21.4 Å². The van der Waals surface area contributed by atoms with Crippen LogP contribution in [-0.2, 0) is 10.0 Å². The number of nitrogens with one attached hydrogen (secondary N) is 3. The van der Waals surface area contributed by atoms with E-state index >= 15 is 0 Å². The quantitative estimate of drug-likeness (QED) is 0.0610. The summed E-state index contributed by atoms with van der Waals surface area (Å²) < 4.78 is 41.7. The number of amides is 1. The number of pyridine rings is 2. The molecule has 1 amide bonds. The Labute approximate surface area is 385 Å². The van der Waals surface area contributed by atoms with E-state index in [1.807, 2.05) is 6.07 Å². The third-order valence-electron chi connectivity index (χ3n) is 14.6. The number of piperidine rings is 1. The molecule has 350 valence electrons. The molecule has 4 aliphatic rings. The maximum Gasteiger partial charge on any atom is 0.312 e. The number of hydrogen-bond acceptors (Lipinski definition) is 13. The van der Waals surface area contributed by atoms with Gasteiger partial charge in [-0.2, -0.15) is 4.98 Å². The Morgan fingerprint density at radius 1 is 1.02 bits per heavy atom. The molecular weight excluding hydrogens is 861 g/mol. The second-order valence-electron chi connectivity index (χ2n) is 19.5. The minimum absolute atomic E-state index is 0.0760. The summed E-state index contributed by atoms with van der Waals surface area (Å²) in [6, 6.07) is 19.1. The van der Waals surface area contributed by atoms with E-state index in [1.165, 1.54) is 43.6 Å². The molecule has 5 aromatic rings. The van der Waals surface area contributed by atoms with Gasteiger partial charge in [0.05, 0.1) is 29.4 Å². The number of fused-ring (bicyclic) bond motifs is 1.